The molecule has 6 heteroatoms. The van der Waals surface area contributed by atoms with Crippen molar-refractivity contribution in [1.82, 2.24) is 20.2 Å². The topological polar surface area (TPSA) is 75.8 Å². The van der Waals surface area contributed by atoms with Gasteiger partial charge in [-0.2, -0.15) is 0 Å². The summed E-state index contributed by atoms with van der Waals surface area (Å²) in [5.41, 5.74) is 4.29. The maximum absolute atomic E-state index is 6.32. The Balaban J connectivity index is 1.37. The molecule has 5 rings (SSSR count). The highest BCUT2D eigenvalue weighted by atomic mass is 16.5. The summed E-state index contributed by atoms with van der Waals surface area (Å²) in [7, 11) is 1.69. The molecule has 0 amide bonds. The molecule has 29 heavy (non-hydrogen) atoms. The molecule has 4 aromatic rings. The molecule has 1 saturated carbocycles. The largest absolute Gasteiger partial charge is 0.497 e. The SMILES string of the molecule is CC[C@H]1C[C@@H](OCc2ccc(OC)cc2)C[C@@H]1c1[nH][nH]c2cnc3nccc3c12. The highest BCUT2D eigenvalue weighted by Crippen LogP contribution is 2.45. The molecule has 1 aliphatic carbocycles. The molecular formula is C23H26N4O2. The highest BCUT2D eigenvalue weighted by molar-refractivity contribution is 6.04. The Hall–Kier alpha value is -2.86. The second-order valence-electron chi connectivity index (χ2n) is 7.92. The molecule has 6 nitrogen and oxygen atoms in total. The normalized spacial score (nSPS) is 21.9. The van der Waals surface area contributed by atoms with E-state index < -0.39 is 0 Å². The Morgan fingerprint density at radius 1 is 1.07 bits per heavy atom. The van der Waals surface area contributed by atoms with E-state index in [1.165, 1.54) is 16.6 Å². The minimum atomic E-state index is 0.264. The zero-order valence-electron chi connectivity index (χ0n) is 16.8. The molecule has 150 valence electrons. The van der Waals surface area contributed by atoms with E-state index in [0.717, 1.165) is 41.6 Å². The number of nitrogens with one attached hydrogen (secondary N) is 2. The second kappa shape index (κ2) is 7.52. The number of hydrogen-bond acceptors (Lipinski definition) is 4. The van der Waals surface area contributed by atoms with Crippen molar-refractivity contribution in [1.29, 1.82) is 0 Å². The molecule has 3 aromatic heterocycles. The van der Waals surface area contributed by atoms with Crippen LogP contribution in [-0.2, 0) is 11.3 Å². The molecule has 1 fully saturated rings. The molecule has 2 N–H and O–H groups in total. The smallest absolute Gasteiger partial charge is 0.159 e. The summed E-state index contributed by atoms with van der Waals surface area (Å²) in [6.45, 7) is 2.91. The van der Waals surface area contributed by atoms with E-state index in [-0.39, 0.29) is 6.10 Å². The van der Waals surface area contributed by atoms with Gasteiger partial charge in [-0.3, -0.25) is 5.10 Å². The fraction of sp³-hybridized carbons (Fsp3) is 0.391. The van der Waals surface area contributed by atoms with Crippen molar-refractivity contribution in [3.63, 3.8) is 0 Å². The van der Waals surface area contributed by atoms with Crippen molar-refractivity contribution in [2.24, 2.45) is 5.92 Å². The summed E-state index contributed by atoms with van der Waals surface area (Å²) < 4.78 is 11.6. The molecule has 0 unspecified atom stereocenters. The lowest BCUT2D eigenvalue weighted by Gasteiger charge is -2.16. The number of nitrogens with zero attached hydrogens (tertiary/aromatic N) is 2. The molecule has 1 aromatic carbocycles. The maximum Gasteiger partial charge on any atom is 0.159 e. The third-order valence-electron chi connectivity index (χ3n) is 6.33. The van der Waals surface area contributed by atoms with Crippen LogP contribution < -0.4 is 4.74 Å². The molecule has 0 bridgehead atoms. The van der Waals surface area contributed by atoms with Crippen LogP contribution in [0, 0.1) is 5.92 Å². The Bertz CT molecular complexity index is 1120. The standard InChI is InChI=1S/C23H26N4O2/c1-3-15-10-17(29-13-14-4-6-16(28-2)7-5-14)11-19(15)22-21-18-8-9-24-23(18)25-12-20(21)26-27-22/h4-9,12,15,17,19,26-27H,3,10-11,13H2,1-2H3/t15-,17+,19-/m0/s1. The van der Waals surface area contributed by atoms with Crippen molar-refractivity contribution in [3.05, 3.63) is 54.0 Å². The molecule has 3 atom stereocenters. The van der Waals surface area contributed by atoms with Crippen LogP contribution in [-0.4, -0.2) is 33.4 Å². The van der Waals surface area contributed by atoms with Crippen LogP contribution in [0.25, 0.3) is 21.9 Å². The van der Waals surface area contributed by atoms with Gasteiger partial charge in [-0.15, -0.1) is 0 Å². The van der Waals surface area contributed by atoms with E-state index in [1.54, 1.807) is 7.11 Å². The second-order valence-corrected chi connectivity index (χ2v) is 7.92. The predicted octanol–water partition coefficient (Wildman–Crippen LogP) is 4.94. The molecule has 0 saturated heterocycles. The summed E-state index contributed by atoms with van der Waals surface area (Å²) in [5.74, 6) is 1.91. The van der Waals surface area contributed by atoms with Gasteiger partial charge in [0.2, 0.25) is 0 Å². The molecular weight excluding hydrogens is 364 g/mol. The van der Waals surface area contributed by atoms with Gasteiger partial charge in [0.05, 0.1) is 31.5 Å². The van der Waals surface area contributed by atoms with Gasteiger partial charge in [0, 0.05) is 28.6 Å². The average molecular weight is 390 g/mol. The van der Waals surface area contributed by atoms with Gasteiger partial charge in [-0.1, -0.05) is 25.5 Å². The fourth-order valence-electron chi connectivity index (χ4n) is 4.77. The fourth-order valence-corrected chi connectivity index (χ4v) is 4.77. The summed E-state index contributed by atoms with van der Waals surface area (Å²) in [6, 6.07) is 10.2. The number of H-pyrrole nitrogens is 2. The number of benzene rings is 1. The number of fused-ring (bicyclic) bond motifs is 3. The number of aromatic amines is 2. The summed E-state index contributed by atoms with van der Waals surface area (Å²) in [6.07, 6.45) is 7.22. The first-order valence-corrected chi connectivity index (χ1v) is 10.3. The molecule has 0 aliphatic heterocycles. The molecule has 1 aliphatic rings. The Labute approximate surface area is 169 Å². The van der Waals surface area contributed by atoms with Crippen LogP contribution in [0.3, 0.4) is 0 Å². The first-order valence-electron chi connectivity index (χ1n) is 10.3. The highest BCUT2D eigenvalue weighted by Gasteiger charge is 2.36. The van der Waals surface area contributed by atoms with Crippen LogP contribution >= 0.6 is 0 Å². The first-order chi connectivity index (χ1) is 14.3. The summed E-state index contributed by atoms with van der Waals surface area (Å²) in [4.78, 5) is 8.82. The van der Waals surface area contributed by atoms with E-state index in [2.05, 4.69) is 45.3 Å². The van der Waals surface area contributed by atoms with E-state index >= 15 is 0 Å². The number of pyridine rings is 1. The quantitative estimate of drug-likeness (QED) is 0.489. The average Bonchev–Trinajstić information content (AvgIpc) is 3.48. The zero-order chi connectivity index (χ0) is 19.8. The number of hydrogen-bond donors (Lipinski definition) is 2. The van der Waals surface area contributed by atoms with E-state index in [1.807, 2.05) is 24.5 Å². The summed E-state index contributed by atoms with van der Waals surface area (Å²) in [5, 5.41) is 9.10. The summed E-state index contributed by atoms with van der Waals surface area (Å²) >= 11 is 0. The minimum Gasteiger partial charge on any atom is -0.497 e. The molecule has 3 heterocycles. The zero-order valence-corrected chi connectivity index (χ0v) is 16.8. The lowest BCUT2D eigenvalue weighted by molar-refractivity contribution is 0.0423. The third kappa shape index (κ3) is 3.27. The van der Waals surface area contributed by atoms with Crippen molar-refractivity contribution in [3.8, 4) is 5.75 Å². The number of aromatic nitrogens is 4. The number of ether oxygens (including phenoxy) is 2. The van der Waals surface area contributed by atoms with Crippen LogP contribution in [0.15, 0.2) is 42.7 Å². The van der Waals surface area contributed by atoms with Gasteiger partial charge in [0.15, 0.2) is 5.65 Å². The number of methoxy groups -OCH3 is 1. The maximum atomic E-state index is 6.32. The van der Waals surface area contributed by atoms with Gasteiger partial charge in [-0.25, -0.2) is 9.97 Å². The Kier molecular flexibility index (Phi) is 4.72. The minimum absolute atomic E-state index is 0.264. The van der Waals surface area contributed by atoms with Crippen molar-refractivity contribution in [2.45, 2.75) is 44.8 Å². The lowest BCUT2D eigenvalue weighted by Crippen LogP contribution is -2.08. The van der Waals surface area contributed by atoms with Crippen LogP contribution in [0.2, 0.25) is 0 Å². The van der Waals surface area contributed by atoms with Crippen LogP contribution in [0.5, 0.6) is 5.75 Å². The van der Waals surface area contributed by atoms with Crippen molar-refractivity contribution >= 4 is 21.9 Å². The Morgan fingerprint density at radius 3 is 2.72 bits per heavy atom. The number of rotatable bonds is 6. The molecule has 0 spiro atoms. The lowest BCUT2D eigenvalue weighted by atomic mass is 9.89. The third-order valence-corrected chi connectivity index (χ3v) is 6.33. The van der Waals surface area contributed by atoms with Gasteiger partial charge in [0.1, 0.15) is 5.75 Å². The van der Waals surface area contributed by atoms with E-state index in [4.69, 9.17) is 9.47 Å². The van der Waals surface area contributed by atoms with E-state index in [9.17, 15) is 0 Å². The van der Waals surface area contributed by atoms with E-state index in [0.29, 0.717) is 18.4 Å². The first kappa shape index (κ1) is 18.2. The van der Waals surface area contributed by atoms with Gasteiger partial charge >= 0.3 is 0 Å². The van der Waals surface area contributed by atoms with Gasteiger partial charge in [-0.05, 0) is 42.5 Å². The Morgan fingerprint density at radius 2 is 1.93 bits per heavy atom. The van der Waals surface area contributed by atoms with Crippen LogP contribution in [0.4, 0.5) is 0 Å². The van der Waals surface area contributed by atoms with Crippen molar-refractivity contribution in [2.75, 3.05) is 7.11 Å². The van der Waals surface area contributed by atoms with Crippen LogP contribution in [0.1, 0.15) is 43.4 Å². The molecule has 0 radical (unpaired) electrons. The van der Waals surface area contributed by atoms with Gasteiger partial charge < -0.3 is 14.6 Å². The predicted molar refractivity (Wildman–Crippen MR) is 113 cm³/mol. The monoisotopic (exact) mass is 390 g/mol. The van der Waals surface area contributed by atoms with Gasteiger partial charge in [0.25, 0.3) is 0 Å². The van der Waals surface area contributed by atoms with Crippen molar-refractivity contribution < 1.29 is 9.47 Å².